The summed E-state index contributed by atoms with van der Waals surface area (Å²) in [6.07, 6.45) is -1.99. The van der Waals surface area contributed by atoms with E-state index in [-0.39, 0.29) is 11.1 Å². The van der Waals surface area contributed by atoms with Gasteiger partial charge in [-0.1, -0.05) is 24.3 Å². The smallest absolute Gasteiger partial charge is 0.198 e. The lowest BCUT2D eigenvalue weighted by Gasteiger charge is -2.07. The Morgan fingerprint density at radius 3 is 2.11 bits per heavy atom. The van der Waals surface area contributed by atoms with Crippen LogP contribution in [-0.4, -0.2) is 0 Å². The summed E-state index contributed by atoms with van der Waals surface area (Å²) in [6, 6.07) is 5.64. The van der Waals surface area contributed by atoms with Crippen LogP contribution in [0.15, 0.2) is 24.3 Å². The Balaban J connectivity index is 2.47. The SMILES string of the molecule is Fc1c(F)c(F)c2c(c1F)-c1ccccc1C2F. The molecular formula is C13H5F5. The van der Waals surface area contributed by atoms with Crippen molar-refractivity contribution in [1.29, 1.82) is 0 Å². The lowest BCUT2D eigenvalue weighted by Crippen LogP contribution is -2.03. The van der Waals surface area contributed by atoms with Crippen LogP contribution in [-0.2, 0) is 0 Å². The Bertz CT molecular complexity index is 663. The summed E-state index contributed by atoms with van der Waals surface area (Å²) in [5, 5.41) is 0. The van der Waals surface area contributed by atoms with Crippen molar-refractivity contribution >= 4 is 0 Å². The molecule has 2 aromatic rings. The second-order valence-electron chi connectivity index (χ2n) is 3.99. The molecule has 0 saturated carbocycles. The van der Waals surface area contributed by atoms with Crippen molar-refractivity contribution in [3.05, 3.63) is 58.7 Å². The van der Waals surface area contributed by atoms with Crippen LogP contribution < -0.4 is 0 Å². The number of benzene rings is 2. The molecule has 5 heteroatoms. The van der Waals surface area contributed by atoms with Gasteiger partial charge in [-0.3, -0.25) is 0 Å². The molecule has 1 aliphatic carbocycles. The topological polar surface area (TPSA) is 0 Å². The Morgan fingerprint density at radius 2 is 1.39 bits per heavy atom. The zero-order valence-electron chi connectivity index (χ0n) is 8.78. The van der Waals surface area contributed by atoms with Crippen LogP contribution in [0.5, 0.6) is 0 Å². The highest BCUT2D eigenvalue weighted by Gasteiger charge is 2.37. The normalized spacial score (nSPS) is 16.6. The molecule has 0 N–H and O–H groups in total. The van der Waals surface area contributed by atoms with Gasteiger partial charge in [-0.15, -0.1) is 0 Å². The second kappa shape index (κ2) is 3.54. The highest BCUT2D eigenvalue weighted by Crippen LogP contribution is 2.48. The third-order valence-electron chi connectivity index (χ3n) is 3.06. The fourth-order valence-corrected chi connectivity index (χ4v) is 2.25. The summed E-state index contributed by atoms with van der Waals surface area (Å²) in [6.45, 7) is 0. The van der Waals surface area contributed by atoms with Crippen molar-refractivity contribution in [1.82, 2.24) is 0 Å². The molecule has 0 fully saturated rings. The van der Waals surface area contributed by atoms with Gasteiger partial charge in [-0.25, -0.2) is 22.0 Å². The Morgan fingerprint density at radius 1 is 0.778 bits per heavy atom. The summed E-state index contributed by atoms with van der Waals surface area (Å²) in [7, 11) is 0. The van der Waals surface area contributed by atoms with Crippen molar-refractivity contribution in [2.45, 2.75) is 6.17 Å². The van der Waals surface area contributed by atoms with Crippen molar-refractivity contribution < 1.29 is 22.0 Å². The van der Waals surface area contributed by atoms with E-state index in [1.165, 1.54) is 24.3 Å². The molecule has 2 aromatic carbocycles. The minimum absolute atomic E-state index is 0.00954. The number of hydrogen-bond donors (Lipinski definition) is 0. The van der Waals surface area contributed by atoms with Gasteiger partial charge in [0.2, 0.25) is 0 Å². The molecule has 3 rings (SSSR count). The van der Waals surface area contributed by atoms with Crippen LogP contribution in [0.1, 0.15) is 17.3 Å². The predicted octanol–water partition coefficient (Wildman–Crippen LogP) is 4.28. The molecule has 0 bridgehead atoms. The van der Waals surface area contributed by atoms with Crippen molar-refractivity contribution in [3.63, 3.8) is 0 Å². The van der Waals surface area contributed by atoms with Crippen LogP contribution in [0.3, 0.4) is 0 Å². The summed E-state index contributed by atoms with van der Waals surface area (Å²) in [4.78, 5) is 0. The van der Waals surface area contributed by atoms with E-state index in [0.717, 1.165) is 0 Å². The maximum Gasteiger partial charge on any atom is 0.198 e. The van der Waals surface area contributed by atoms with E-state index in [2.05, 4.69) is 0 Å². The summed E-state index contributed by atoms with van der Waals surface area (Å²) >= 11 is 0. The minimum atomic E-state index is -1.99. The first-order chi connectivity index (χ1) is 8.54. The maximum atomic E-state index is 14.0. The third-order valence-corrected chi connectivity index (χ3v) is 3.06. The van der Waals surface area contributed by atoms with Gasteiger partial charge < -0.3 is 0 Å². The number of rotatable bonds is 0. The van der Waals surface area contributed by atoms with Crippen molar-refractivity contribution in [3.8, 4) is 11.1 Å². The highest BCUT2D eigenvalue weighted by atomic mass is 19.2. The predicted molar refractivity (Wildman–Crippen MR) is 54.7 cm³/mol. The van der Waals surface area contributed by atoms with Crippen LogP contribution in [0, 0.1) is 23.3 Å². The molecule has 1 unspecified atom stereocenters. The Kier molecular flexibility index (Phi) is 2.20. The molecule has 0 spiro atoms. The van der Waals surface area contributed by atoms with E-state index in [9.17, 15) is 22.0 Å². The van der Waals surface area contributed by atoms with Crippen LogP contribution in [0.4, 0.5) is 22.0 Å². The Labute approximate surface area is 98.7 Å². The standard InChI is InChI=1S/C13H5F5/c14-9-6-4-2-1-3-5(6)7-8(9)11(16)13(18)12(17)10(7)15/h1-4,9H. The average molecular weight is 256 g/mol. The largest absolute Gasteiger partial charge is 0.237 e. The van der Waals surface area contributed by atoms with Crippen LogP contribution >= 0.6 is 0 Å². The minimum Gasteiger partial charge on any atom is -0.237 e. The molecule has 92 valence electrons. The quantitative estimate of drug-likeness (QED) is 0.375. The molecule has 0 aromatic heterocycles. The fraction of sp³-hybridized carbons (Fsp3) is 0.0769. The molecule has 0 saturated heterocycles. The van der Waals surface area contributed by atoms with E-state index in [4.69, 9.17) is 0 Å². The Hall–Kier alpha value is -1.91. The first kappa shape index (κ1) is 11.2. The van der Waals surface area contributed by atoms with Gasteiger partial charge in [-0.05, 0) is 11.1 Å². The lowest BCUT2D eigenvalue weighted by molar-refractivity contribution is 0.367. The van der Waals surface area contributed by atoms with Crippen molar-refractivity contribution in [2.75, 3.05) is 0 Å². The van der Waals surface area contributed by atoms with Gasteiger partial charge in [0.1, 0.15) is 0 Å². The molecular weight excluding hydrogens is 251 g/mol. The number of halogens is 5. The van der Waals surface area contributed by atoms with Gasteiger partial charge in [0, 0.05) is 11.1 Å². The number of fused-ring (bicyclic) bond motifs is 3. The first-order valence-corrected chi connectivity index (χ1v) is 5.13. The van der Waals surface area contributed by atoms with E-state index in [1.54, 1.807) is 0 Å². The van der Waals surface area contributed by atoms with Gasteiger partial charge in [0.05, 0.1) is 0 Å². The average Bonchev–Trinajstić information content (AvgIpc) is 2.68. The molecule has 0 nitrogen and oxygen atoms in total. The second-order valence-corrected chi connectivity index (χ2v) is 3.99. The van der Waals surface area contributed by atoms with Crippen LogP contribution in [0.2, 0.25) is 0 Å². The van der Waals surface area contributed by atoms with Crippen molar-refractivity contribution in [2.24, 2.45) is 0 Å². The van der Waals surface area contributed by atoms with Crippen LogP contribution in [0.25, 0.3) is 11.1 Å². The van der Waals surface area contributed by atoms with E-state index in [0.29, 0.717) is 0 Å². The molecule has 18 heavy (non-hydrogen) atoms. The molecule has 0 heterocycles. The summed E-state index contributed by atoms with van der Waals surface area (Å²) in [5.74, 6) is -7.14. The zero-order chi connectivity index (χ0) is 13.0. The van der Waals surface area contributed by atoms with E-state index < -0.39 is 40.6 Å². The fourth-order valence-electron chi connectivity index (χ4n) is 2.25. The molecule has 0 amide bonds. The van der Waals surface area contributed by atoms with E-state index >= 15 is 0 Å². The zero-order valence-corrected chi connectivity index (χ0v) is 8.78. The van der Waals surface area contributed by atoms with E-state index in [1.807, 2.05) is 0 Å². The van der Waals surface area contributed by atoms with Gasteiger partial charge in [0.25, 0.3) is 0 Å². The summed E-state index contributed by atoms with van der Waals surface area (Å²) < 4.78 is 67.4. The highest BCUT2D eigenvalue weighted by molar-refractivity contribution is 5.79. The third kappa shape index (κ3) is 1.19. The van der Waals surface area contributed by atoms with Gasteiger partial charge in [-0.2, -0.15) is 0 Å². The van der Waals surface area contributed by atoms with Gasteiger partial charge in [0.15, 0.2) is 29.4 Å². The molecule has 1 aliphatic rings. The summed E-state index contributed by atoms with van der Waals surface area (Å²) in [5.41, 5.74) is -1.24. The molecule has 0 aliphatic heterocycles. The van der Waals surface area contributed by atoms with Gasteiger partial charge >= 0.3 is 0 Å². The number of hydrogen-bond acceptors (Lipinski definition) is 0. The number of alkyl halides is 1. The first-order valence-electron chi connectivity index (χ1n) is 5.13. The lowest BCUT2D eigenvalue weighted by atomic mass is 10.0. The monoisotopic (exact) mass is 256 g/mol. The molecule has 0 radical (unpaired) electrons. The maximum absolute atomic E-state index is 14.0. The molecule has 1 atom stereocenters.